The van der Waals surface area contributed by atoms with E-state index < -0.39 is 10.0 Å². The molecule has 1 aromatic heterocycles. The Morgan fingerprint density at radius 3 is 2.50 bits per heavy atom. The third kappa shape index (κ3) is 3.75. The number of fused-ring (bicyclic) bond motifs is 1. The number of aryl methyl sites for hydroxylation is 2. The van der Waals surface area contributed by atoms with E-state index in [-0.39, 0.29) is 15.8 Å². The number of aromatic nitrogens is 1. The second kappa shape index (κ2) is 7.34. The molecule has 0 fully saturated rings. The molecule has 0 saturated carbocycles. The van der Waals surface area contributed by atoms with Crippen molar-refractivity contribution in [2.45, 2.75) is 44.7 Å². The first-order chi connectivity index (χ1) is 12.3. The van der Waals surface area contributed by atoms with Crippen molar-refractivity contribution >= 4 is 31.6 Å². The van der Waals surface area contributed by atoms with Crippen molar-refractivity contribution in [3.63, 3.8) is 0 Å². The highest BCUT2D eigenvalue weighted by Crippen LogP contribution is 2.23. The first kappa shape index (κ1) is 18.8. The Morgan fingerprint density at radius 1 is 1.15 bits per heavy atom. The molecule has 1 heterocycles. The second-order valence-electron chi connectivity index (χ2n) is 6.40. The van der Waals surface area contributed by atoms with Gasteiger partial charge in [0.15, 0.2) is 0 Å². The molecule has 0 radical (unpaired) electrons. The second-order valence-corrected chi connectivity index (χ2v) is 9.11. The highest BCUT2D eigenvalue weighted by atomic mass is 32.2. The lowest BCUT2D eigenvalue weighted by Crippen LogP contribution is -2.26. The van der Waals surface area contributed by atoms with Crippen LogP contribution in [0.2, 0.25) is 0 Å². The zero-order chi connectivity index (χ0) is 18.9. The highest BCUT2D eigenvalue weighted by Gasteiger charge is 2.20. The number of benzene rings is 2. The van der Waals surface area contributed by atoms with Crippen LogP contribution in [0.15, 0.2) is 52.2 Å². The number of nitrogens with one attached hydrogen (secondary N) is 1. The molecule has 0 spiro atoms. The van der Waals surface area contributed by atoms with Crippen LogP contribution in [0.1, 0.15) is 37.4 Å². The van der Waals surface area contributed by atoms with Gasteiger partial charge in [0.25, 0.3) is 0 Å². The maximum atomic E-state index is 12.8. The molecule has 0 amide bonds. The van der Waals surface area contributed by atoms with Gasteiger partial charge in [0.05, 0.1) is 15.1 Å². The van der Waals surface area contributed by atoms with Crippen LogP contribution in [0.3, 0.4) is 0 Å². The minimum Gasteiger partial charge on any atom is -0.299 e. The van der Waals surface area contributed by atoms with Gasteiger partial charge in [-0.15, -0.1) is 0 Å². The van der Waals surface area contributed by atoms with Gasteiger partial charge in [-0.05, 0) is 44.0 Å². The third-order valence-corrected chi connectivity index (χ3v) is 6.79. The van der Waals surface area contributed by atoms with E-state index in [1.165, 1.54) is 0 Å². The molecule has 138 valence electrons. The smallest absolute Gasteiger partial charge is 0.299 e. The number of sulfonamides is 1. The van der Waals surface area contributed by atoms with E-state index in [9.17, 15) is 13.2 Å². The Hall–Kier alpha value is -1.96. The maximum Gasteiger partial charge on any atom is 0.308 e. The highest BCUT2D eigenvalue weighted by molar-refractivity contribution is 7.89. The molecule has 3 aromatic rings. The number of nitrogens with zero attached hydrogens (tertiary/aromatic N) is 1. The van der Waals surface area contributed by atoms with Gasteiger partial charge in [-0.2, -0.15) is 0 Å². The van der Waals surface area contributed by atoms with E-state index in [1.807, 2.05) is 45.0 Å². The molecule has 1 N–H and O–H groups in total. The molecule has 5 nitrogen and oxygen atoms in total. The quantitative estimate of drug-likeness (QED) is 0.696. The summed E-state index contributed by atoms with van der Waals surface area (Å²) in [5.41, 5.74) is 2.81. The van der Waals surface area contributed by atoms with Crippen molar-refractivity contribution in [3.05, 3.63) is 63.3 Å². The zero-order valence-corrected chi connectivity index (χ0v) is 16.7. The Bertz CT molecular complexity index is 1080. The van der Waals surface area contributed by atoms with Gasteiger partial charge >= 0.3 is 4.87 Å². The summed E-state index contributed by atoms with van der Waals surface area (Å²) in [5, 5.41) is 0. The molecule has 7 heteroatoms. The summed E-state index contributed by atoms with van der Waals surface area (Å²) in [6.07, 6.45) is 0.849. The van der Waals surface area contributed by atoms with Crippen LogP contribution in [0.4, 0.5) is 0 Å². The van der Waals surface area contributed by atoms with Gasteiger partial charge in [0.2, 0.25) is 10.0 Å². The Morgan fingerprint density at radius 2 is 1.85 bits per heavy atom. The SMILES string of the molecule is CCCn1c(=O)sc2cc(S(=O)(=O)NC(C)c3ccc(C)cc3)ccc21. The summed E-state index contributed by atoms with van der Waals surface area (Å²) in [6, 6.07) is 12.3. The minimum absolute atomic E-state index is 0.0580. The predicted octanol–water partition coefficient (Wildman–Crippen LogP) is 3.82. The minimum atomic E-state index is -3.68. The topological polar surface area (TPSA) is 68.2 Å². The lowest BCUT2D eigenvalue weighted by molar-refractivity contribution is 0.567. The summed E-state index contributed by atoms with van der Waals surface area (Å²) in [5.74, 6) is 0. The monoisotopic (exact) mass is 390 g/mol. The molecule has 0 saturated heterocycles. The van der Waals surface area contributed by atoms with Crippen molar-refractivity contribution in [1.29, 1.82) is 0 Å². The lowest BCUT2D eigenvalue weighted by atomic mass is 10.1. The summed E-state index contributed by atoms with van der Waals surface area (Å²) in [7, 11) is -3.68. The average molecular weight is 391 g/mol. The molecule has 3 rings (SSSR count). The molecular formula is C19H22N2O3S2. The van der Waals surface area contributed by atoms with Crippen LogP contribution < -0.4 is 9.60 Å². The van der Waals surface area contributed by atoms with Crippen molar-refractivity contribution in [2.75, 3.05) is 0 Å². The van der Waals surface area contributed by atoms with Crippen LogP contribution in [0.25, 0.3) is 10.2 Å². The van der Waals surface area contributed by atoms with E-state index in [0.717, 1.165) is 34.4 Å². The average Bonchev–Trinajstić information content (AvgIpc) is 2.90. The van der Waals surface area contributed by atoms with Gasteiger partial charge in [-0.25, -0.2) is 13.1 Å². The predicted molar refractivity (Wildman–Crippen MR) is 106 cm³/mol. The van der Waals surface area contributed by atoms with E-state index in [1.54, 1.807) is 22.8 Å². The van der Waals surface area contributed by atoms with E-state index in [2.05, 4.69) is 4.72 Å². The maximum absolute atomic E-state index is 12.8. The Kier molecular flexibility index (Phi) is 5.32. The molecular weight excluding hydrogens is 368 g/mol. The third-order valence-electron chi connectivity index (χ3n) is 4.31. The fourth-order valence-corrected chi connectivity index (χ4v) is 5.16. The molecule has 0 aliphatic heterocycles. The number of thiazole rings is 1. The van der Waals surface area contributed by atoms with Crippen molar-refractivity contribution in [2.24, 2.45) is 0 Å². The fraction of sp³-hybridized carbons (Fsp3) is 0.316. The van der Waals surface area contributed by atoms with Gasteiger partial charge in [-0.1, -0.05) is 48.1 Å². The first-order valence-corrected chi connectivity index (χ1v) is 10.8. The normalized spacial score (nSPS) is 13.2. The van der Waals surface area contributed by atoms with Crippen molar-refractivity contribution in [1.82, 2.24) is 9.29 Å². The molecule has 0 aliphatic carbocycles. The van der Waals surface area contributed by atoms with Gasteiger partial charge < -0.3 is 0 Å². The van der Waals surface area contributed by atoms with Crippen LogP contribution in [-0.2, 0) is 16.6 Å². The van der Waals surface area contributed by atoms with Crippen LogP contribution >= 0.6 is 11.3 Å². The summed E-state index contributed by atoms with van der Waals surface area (Å²) in [6.45, 7) is 6.44. The van der Waals surface area contributed by atoms with Crippen LogP contribution in [0.5, 0.6) is 0 Å². The summed E-state index contributed by atoms with van der Waals surface area (Å²) < 4.78 is 30.6. The van der Waals surface area contributed by atoms with Gasteiger partial charge in [0, 0.05) is 12.6 Å². The number of hydrogen-bond acceptors (Lipinski definition) is 4. The fourth-order valence-electron chi connectivity index (χ4n) is 2.87. The summed E-state index contributed by atoms with van der Waals surface area (Å²) >= 11 is 1.08. The standard InChI is InChI=1S/C19H22N2O3S2/c1-4-11-21-17-10-9-16(12-18(17)25-19(21)22)26(23,24)20-14(3)15-7-5-13(2)6-8-15/h5-10,12,14,20H,4,11H2,1-3H3. The zero-order valence-electron chi connectivity index (χ0n) is 15.0. The number of hydrogen-bond donors (Lipinski definition) is 1. The first-order valence-electron chi connectivity index (χ1n) is 8.54. The van der Waals surface area contributed by atoms with E-state index >= 15 is 0 Å². The molecule has 0 aliphatic rings. The van der Waals surface area contributed by atoms with Gasteiger partial charge in [-0.3, -0.25) is 9.36 Å². The van der Waals surface area contributed by atoms with Crippen molar-refractivity contribution < 1.29 is 8.42 Å². The summed E-state index contributed by atoms with van der Waals surface area (Å²) in [4.78, 5) is 12.2. The van der Waals surface area contributed by atoms with Crippen LogP contribution in [-0.4, -0.2) is 13.0 Å². The molecule has 2 aromatic carbocycles. The molecule has 26 heavy (non-hydrogen) atoms. The molecule has 0 bridgehead atoms. The Labute approximate surface area is 157 Å². The van der Waals surface area contributed by atoms with E-state index in [4.69, 9.17) is 0 Å². The lowest BCUT2D eigenvalue weighted by Gasteiger charge is -2.15. The van der Waals surface area contributed by atoms with Crippen molar-refractivity contribution in [3.8, 4) is 0 Å². The van der Waals surface area contributed by atoms with Crippen LogP contribution in [0, 0.1) is 6.92 Å². The largest absolute Gasteiger partial charge is 0.308 e. The van der Waals surface area contributed by atoms with Gasteiger partial charge in [0.1, 0.15) is 0 Å². The molecule has 1 atom stereocenters. The van der Waals surface area contributed by atoms with E-state index in [0.29, 0.717) is 11.2 Å². The number of rotatable bonds is 6. The molecule has 1 unspecified atom stereocenters. The Balaban J connectivity index is 1.91.